The second kappa shape index (κ2) is 8.04. The zero-order chi connectivity index (χ0) is 14.1. The van der Waals surface area contributed by atoms with Crippen LogP contribution in [-0.2, 0) is 4.74 Å². The van der Waals surface area contributed by atoms with Gasteiger partial charge < -0.3 is 15.4 Å². The topological polar surface area (TPSA) is 76.4 Å². The lowest BCUT2D eigenvalue weighted by Crippen LogP contribution is -2.29. The monoisotopic (exact) mass is 281 g/mol. The first-order chi connectivity index (χ1) is 9.13. The number of nitrogens with zero attached hydrogens (tertiary/aromatic N) is 1. The zero-order valence-electron chi connectivity index (χ0n) is 10.3. The van der Waals surface area contributed by atoms with E-state index in [1.54, 1.807) is 12.1 Å². The molecule has 0 heterocycles. The summed E-state index contributed by atoms with van der Waals surface area (Å²) >= 11 is 5.08. The van der Waals surface area contributed by atoms with Crippen LogP contribution in [0.1, 0.15) is 6.42 Å². The Morgan fingerprint density at radius 3 is 2.74 bits per heavy atom. The van der Waals surface area contributed by atoms with E-state index in [-0.39, 0.29) is 5.69 Å². The summed E-state index contributed by atoms with van der Waals surface area (Å²) in [5.74, 6) is 0. The first-order valence-corrected chi connectivity index (χ1v) is 6.06. The number of nitro benzene ring substituents is 1. The second-order valence-corrected chi connectivity index (χ2v) is 3.98. The van der Waals surface area contributed by atoms with Crippen molar-refractivity contribution in [2.75, 3.05) is 18.5 Å². The average molecular weight is 281 g/mol. The molecule has 0 saturated heterocycles. The Morgan fingerprint density at radius 1 is 1.47 bits per heavy atom. The molecule has 0 saturated carbocycles. The maximum atomic E-state index is 10.5. The smallest absolute Gasteiger partial charge is 0.269 e. The molecule has 1 aromatic rings. The Kier molecular flexibility index (Phi) is 6.31. The van der Waals surface area contributed by atoms with Crippen molar-refractivity contribution >= 4 is 28.7 Å². The number of anilines is 1. The Bertz CT molecular complexity index is 448. The lowest BCUT2D eigenvalue weighted by molar-refractivity contribution is -0.384. The number of thiocarbonyl (C=S) groups is 1. The second-order valence-electron chi connectivity index (χ2n) is 3.58. The van der Waals surface area contributed by atoms with E-state index in [1.807, 2.05) is 0 Å². The van der Waals surface area contributed by atoms with Crippen LogP contribution < -0.4 is 10.6 Å². The maximum Gasteiger partial charge on any atom is 0.269 e. The predicted octanol–water partition coefficient (Wildman–Crippen LogP) is 2.43. The van der Waals surface area contributed by atoms with Crippen LogP contribution in [0.15, 0.2) is 37.1 Å². The number of non-ortho nitro benzene ring substituents is 1. The van der Waals surface area contributed by atoms with Gasteiger partial charge in [0.2, 0.25) is 0 Å². The molecule has 0 radical (unpaired) electrons. The molecule has 2 N–H and O–H groups in total. The van der Waals surface area contributed by atoms with Crippen molar-refractivity contribution in [3.05, 3.63) is 47.2 Å². The minimum atomic E-state index is -0.444. The molecule has 0 unspecified atom stereocenters. The van der Waals surface area contributed by atoms with E-state index in [0.717, 1.165) is 6.42 Å². The third kappa shape index (κ3) is 5.82. The third-order valence-corrected chi connectivity index (χ3v) is 2.42. The molecular formula is C12H15N3O3S. The fourth-order valence-corrected chi connectivity index (χ4v) is 1.50. The fourth-order valence-electron chi connectivity index (χ4n) is 1.28. The molecule has 0 bridgehead atoms. The Morgan fingerprint density at radius 2 is 2.16 bits per heavy atom. The third-order valence-electron chi connectivity index (χ3n) is 2.18. The molecule has 0 fully saturated rings. The molecule has 102 valence electrons. The van der Waals surface area contributed by atoms with E-state index in [2.05, 4.69) is 17.2 Å². The number of nitro groups is 1. The van der Waals surface area contributed by atoms with Crippen LogP contribution in [0, 0.1) is 10.1 Å². The number of benzene rings is 1. The van der Waals surface area contributed by atoms with Crippen LogP contribution in [0.2, 0.25) is 0 Å². The summed E-state index contributed by atoms with van der Waals surface area (Å²) in [7, 11) is 0. The molecule has 0 atom stereocenters. The van der Waals surface area contributed by atoms with Crippen molar-refractivity contribution in [2.24, 2.45) is 0 Å². The van der Waals surface area contributed by atoms with Crippen molar-refractivity contribution in [3.63, 3.8) is 0 Å². The van der Waals surface area contributed by atoms with Crippen LogP contribution in [0.5, 0.6) is 0 Å². The summed E-state index contributed by atoms with van der Waals surface area (Å²) in [6.07, 6.45) is 2.20. The number of ether oxygens (including phenoxy) is 1. The number of hydrogen-bond donors (Lipinski definition) is 2. The normalized spacial score (nSPS) is 9.47. The summed E-state index contributed by atoms with van der Waals surface area (Å²) in [5, 5.41) is 16.9. The fraction of sp³-hybridized carbons (Fsp3) is 0.250. The van der Waals surface area contributed by atoms with Crippen LogP contribution >= 0.6 is 12.2 Å². The Labute approximate surface area is 116 Å². The van der Waals surface area contributed by atoms with E-state index >= 15 is 0 Å². The lowest BCUT2D eigenvalue weighted by Gasteiger charge is -2.10. The zero-order valence-corrected chi connectivity index (χ0v) is 11.1. The maximum absolute atomic E-state index is 10.5. The van der Waals surface area contributed by atoms with Gasteiger partial charge in [-0.1, -0.05) is 6.58 Å². The highest BCUT2D eigenvalue weighted by Crippen LogP contribution is 2.15. The Hall–Kier alpha value is -2.15. The minimum Gasteiger partial charge on any atom is -0.502 e. The molecule has 19 heavy (non-hydrogen) atoms. The van der Waals surface area contributed by atoms with Crippen LogP contribution in [-0.4, -0.2) is 23.2 Å². The molecule has 7 heteroatoms. The van der Waals surface area contributed by atoms with E-state index < -0.39 is 4.92 Å². The molecule has 0 aliphatic rings. The minimum absolute atomic E-state index is 0.0472. The van der Waals surface area contributed by atoms with Gasteiger partial charge >= 0.3 is 0 Å². The standard InChI is InChI=1S/C12H15N3O3S/c1-2-18-9-3-8-13-12(19)14-10-4-6-11(7-5-10)15(16)17/h2,4-7H,1,3,8-9H2,(H2,13,14,19). The molecule has 0 aliphatic carbocycles. The molecule has 0 aromatic heterocycles. The van der Waals surface area contributed by atoms with Gasteiger partial charge in [-0.15, -0.1) is 0 Å². The van der Waals surface area contributed by atoms with Gasteiger partial charge in [-0.25, -0.2) is 0 Å². The summed E-state index contributed by atoms with van der Waals surface area (Å²) in [6, 6.07) is 6.05. The van der Waals surface area contributed by atoms with E-state index in [4.69, 9.17) is 17.0 Å². The van der Waals surface area contributed by atoms with Gasteiger partial charge in [0, 0.05) is 24.4 Å². The molecular weight excluding hydrogens is 266 g/mol. The van der Waals surface area contributed by atoms with E-state index in [9.17, 15) is 10.1 Å². The van der Waals surface area contributed by atoms with Crippen LogP contribution in [0.25, 0.3) is 0 Å². The SMILES string of the molecule is C=COCCCNC(=S)Nc1ccc([N+](=O)[O-])cc1. The van der Waals surface area contributed by atoms with Gasteiger partial charge in [0.25, 0.3) is 5.69 Å². The van der Waals surface area contributed by atoms with Crippen LogP contribution in [0.3, 0.4) is 0 Å². The first-order valence-electron chi connectivity index (χ1n) is 5.65. The largest absolute Gasteiger partial charge is 0.502 e. The molecule has 0 spiro atoms. The highest BCUT2D eigenvalue weighted by atomic mass is 32.1. The first kappa shape index (κ1) is 14.9. The molecule has 0 aliphatic heterocycles. The molecule has 0 amide bonds. The number of hydrogen-bond acceptors (Lipinski definition) is 4. The molecule has 1 aromatic carbocycles. The van der Waals surface area contributed by atoms with Crippen molar-refractivity contribution in [2.45, 2.75) is 6.42 Å². The number of rotatable bonds is 7. The highest BCUT2D eigenvalue weighted by molar-refractivity contribution is 7.80. The van der Waals surface area contributed by atoms with Gasteiger partial charge in [-0.05, 0) is 30.8 Å². The van der Waals surface area contributed by atoms with Crippen molar-refractivity contribution in [1.82, 2.24) is 5.32 Å². The van der Waals surface area contributed by atoms with Gasteiger partial charge in [-0.2, -0.15) is 0 Å². The summed E-state index contributed by atoms with van der Waals surface area (Å²) in [5.41, 5.74) is 0.747. The van der Waals surface area contributed by atoms with E-state index in [1.165, 1.54) is 18.4 Å². The average Bonchev–Trinajstić information content (AvgIpc) is 2.39. The quantitative estimate of drug-likeness (QED) is 0.263. The predicted molar refractivity (Wildman–Crippen MR) is 78.1 cm³/mol. The lowest BCUT2D eigenvalue weighted by atomic mass is 10.3. The highest BCUT2D eigenvalue weighted by Gasteiger charge is 2.04. The van der Waals surface area contributed by atoms with Crippen molar-refractivity contribution in [1.29, 1.82) is 0 Å². The van der Waals surface area contributed by atoms with Crippen molar-refractivity contribution < 1.29 is 9.66 Å². The van der Waals surface area contributed by atoms with Gasteiger partial charge in [-0.3, -0.25) is 10.1 Å². The number of nitrogens with one attached hydrogen (secondary N) is 2. The van der Waals surface area contributed by atoms with Crippen LogP contribution in [0.4, 0.5) is 11.4 Å². The Balaban J connectivity index is 2.31. The van der Waals surface area contributed by atoms with Crippen molar-refractivity contribution in [3.8, 4) is 0 Å². The van der Waals surface area contributed by atoms with Gasteiger partial charge in [0.15, 0.2) is 5.11 Å². The van der Waals surface area contributed by atoms with E-state index in [0.29, 0.717) is 24.0 Å². The molecule has 1 rings (SSSR count). The molecule has 6 nitrogen and oxygen atoms in total. The summed E-state index contributed by atoms with van der Waals surface area (Å²) in [6.45, 7) is 4.69. The summed E-state index contributed by atoms with van der Waals surface area (Å²) < 4.78 is 4.97. The van der Waals surface area contributed by atoms with Gasteiger partial charge in [0.1, 0.15) is 0 Å². The van der Waals surface area contributed by atoms with Gasteiger partial charge in [0.05, 0.1) is 17.8 Å². The summed E-state index contributed by atoms with van der Waals surface area (Å²) in [4.78, 5) is 10.0.